The van der Waals surface area contributed by atoms with Crippen molar-refractivity contribution in [1.29, 1.82) is 0 Å². The highest BCUT2D eigenvalue weighted by Gasteiger charge is 2.26. The summed E-state index contributed by atoms with van der Waals surface area (Å²) < 4.78 is 0. The molecule has 0 aromatic heterocycles. The predicted octanol–water partition coefficient (Wildman–Crippen LogP) is 3.42. The number of carbonyl (C=O) groups excluding carboxylic acids is 2. The Morgan fingerprint density at radius 2 is 2.05 bits per heavy atom. The van der Waals surface area contributed by atoms with E-state index in [1.807, 2.05) is 36.9 Å². The zero-order valence-electron chi connectivity index (χ0n) is 13.8. The Morgan fingerprint density at radius 1 is 1.27 bits per heavy atom. The van der Waals surface area contributed by atoms with E-state index in [2.05, 4.69) is 12.2 Å². The average molecular weight is 302 g/mol. The van der Waals surface area contributed by atoms with Crippen molar-refractivity contribution in [2.75, 3.05) is 11.9 Å². The van der Waals surface area contributed by atoms with E-state index in [-0.39, 0.29) is 18.2 Å². The lowest BCUT2D eigenvalue weighted by molar-refractivity contribution is -0.137. The van der Waals surface area contributed by atoms with Gasteiger partial charge in [-0.2, -0.15) is 0 Å². The Labute approximate surface area is 132 Å². The van der Waals surface area contributed by atoms with Crippen molar-refractivity contribution in [3.63, 3.8) is 0 Å². The molecule has 120 valence electrons. The number of likely N-dealkylation sites (tertiary alicyclic amines) is 1. The molecule has 1 aliphatic rings. The molecular weight excluding hydrogens is 276 g/mol. The number of amides is 2. The molecular formula is C18H26N2O2. The van der Waals surface area contributed by atoms with Gasteiger partial charge < -0.3 is 10.2 Å². The topological polar surface area (TPSA) is 49.4 Å². The van der Waals surface area contributed by atoms with E-state index < -0.39 is 0 Å². The minimum absolute atomic E-state index is 0.0474. The SMILES string of the molecule is CCC1CCCCN1C(=O)CC(=O)Nc1ccc(C)cc1C. The van der Waals surface area contributed by atoms with E-state index in [9.17, 15) is 9.59 Å². The summed E-state index contributed by atoms with van der Waals surface area (Å²) in [5.74, 6) is -0.272. The zero-order valence-corrected chi connectivity index (χ0v) is 13.8. The first kappa shape index (κ1) is 16.5. The smallest absolute Gasteiger partial charge is 0.233 e. The first-order chi connectivity index (χ1) is 10.5. The van der Waals surface area contributed by atoms with Crippen molar-refractivity contribution in [3.8, 4) is 0 Å². The minimum Gasteiger partial charge on any atom is -0.339 e. The lowest BCUT2D eigenvalue weighted by Gasteiger charge is -2.35. The number of rotatable bonds is 4. The van der Waals surface area contributed by atoms with Gasteiger partial charge in [0.15, 0.2) is 0 Å². The van der Waals surface area contributed by atoms with Crippen LogP contribution in [-0.4, -0.2) is 29.3 Å². The van der Waals surface area contributed by atoms with E-state index in [1.165, 1.54) is 6.42 Å². The summed E-state index contributed by atoms with van der Waals surface area (Å²) in [6.45, 7) is 6.87. The van der Waals surface area contributed by atoms with Crippen LogP contribution < -0.4 is 5.32 Å². The molecule has 0 spiro atoms. The standard InChI is InChI=1S/C18H26N2O2/c1-4-15-7-5-6-10-20(15)18(22)12-17(21)19-16-9-8-13(2)11-14(16)3/h8-9,11,15H,4-7,10,12H2,1-3H3,(H,19,21). The Balaban J connectivity index is 1.94. The van der Waals surface area contributed by atoms with Crippen LogP contribution in [0.5, 0.6) is 0 Å². The second-order valence-corrected chi connectivity index (χ2v) is 6.19. The largest absolute Gasteiger partial charge is 0.339 e. The second kappa shape index (κ2) is 7.43. The van der Waals surface area contributed by atoms with Crippen LogP contribution in [0.2, 0.25) is 0 Å². The number of benzene rings is 1. The summed E-state index contributed by atoms with van der Waals surface area (Å²) in [5.41, 5.74) is 2.96. The normalized spacial score (nSPS) is 18.1. The van der Waals surface area contributed by atoms with Crippen molar-refractivity contribution in [2.45, 2.75) is 58.9 Å². The van der Waals surface area contributed by atoms with Crippen molar-refractivity contribution in [1.82, 2.24) is 4.90 Å². The first-order valence-electron chi connectivity index (χ1n) is 8.18. The number of piperidine rings is 1. The third-order valence-corrected chi connectivity index (χ3v) is 4.39. The van der Waals surface area contributed by atoms with Crippen LogP contribution in [0.25, 0.3) is 0 Å². The van der Waals surface area contributed by atoms with Crippen LogP contribution in [-0.2, 0) is 9.59 Å². The van der Waals surface area contributed by atoms with E-state index >= 15 is 0 Å². The molecule has 1 atom stereocenters. The van der Waals surface area contributed by atoms with Gasteiger partial charge in [0, 0.05) is 18.3 Å². The summed E-state index contributed by atoms with van der Waals surface area (Å²) >= 11 is 0. The molecule has 0 saturated carbocycles. The highest BCUT2D eigenvalue weighted by Crippen LogP contribution is 2.21. The summed E-state index contributed by atoms with van der Waals surface area (Å²) in [5, 5.41) is 2.85. The number of carbonyl (C=O) groups is 2. The van der Waals surface area contributed by atoms with Crippen LogP contribution in [0.1, 0.15) is 50.2 Å². The summed E-state index contributed by atoms with van der Waals surface area (Å²) in [7, 11) is 0. The van der Waals surface area contributed by atoms with Gasteiger partial charge in [-0.05, 0) is 51.2 Å². The Bertz CT molecular complexity index is 554. The Kier molecular flexibility index (Phi) is 5.58. The molecule has 4 nitrogen and oxygen atoms in total. The quantitative estimate of drug-likeness (QED) is 0.866. The molecule has 0 radical (unpaired) electrons. The lowest BCUT2D eigenvalue weighted by Crippen LogP contribution is -2.44. The molecule has 1 aromatic carbocycles. The molecule has 1 aromatic rings. The average Bonchev–Trinajstić information content (AvgIpc) is 2.50. The van der Waals surface area contributed by atoms with Gasteiger partial charge in [-0.25, -0.2) is 0 Å². The van der Waals surface area contributed by atoms with Gasteiger partial charge in [-0.15, -0.1) is 0 Å². The molecule has 1 fully saturated rings. The first-order valence-corrected chi connectivity index (χ1v) is 8.18. The number of nitrogens with zero attached hydrogens (tertiary/aromatic N) is 1. The maximum atomic E-state index is 12.4. The number of hydrogen-bond acceptors (Lipinski definition) is 2. The maximum absolute atomic E-state index is 12.4. The van der Waals surface area contributed by atoms with E-state index in [4.69, 9.17) is 0 Å². The van der Waals surface area contributed by atoms with Gasteiger partial charge in [0.2, 0.25) is 11.8 Å². The fourth-order valence-electron chi connectivity index (χ4n) is 3.14. The molecule has 1 aliphatic heterocycles. The van der Waals surface area contributed by atoms with Crippen LogP contribution in [0, 0.1) is 13.8 Å². The van der Waals surface area contributed by atoms with Gasteiger partial charge >= 0.3 is 0 Å². The molecule has 1 N–H and O–H groups in total. The van der Waals surface area contributed by atoms with Crippen LogP contribution in [0.3, 0.4) is 0 Å². The highest BCUT2D eigenvalue weighted by molar-refractivity contribution is 6.04. The highest BCUT2D eigenvalue weighted by atomic mass is 16.2. The Morgan fingerprint density at radius 3 is 2.73 bits per heavy atom. The lowest BCUT2D eigenvalue weighted by atomic mass is 9.99. The monoisotopic (exact) mass is 302 g/mol. The van der Waals surface area contributed by atoms with E-state index in [0.717, 1.165) is 42.6 Å². The van der Waals surface area contributed by atoms with Gasteiger partial charge in [0.25, 0.3) is 0 Å². The third-order valence-electron chi connectivity index (χ3n) is 4.39. The molecule has 1 saturated heterocycles. The molecule has 1 heterocycles. The van der Waals surface area contributed by atoms with Crippen LogP contribution in [0.4, 0.5) is 5.69 Å². The van der Waals surface area contributed by atoms with Crippen LogP contribution >= 0.6 is 0 Å². The van der Waals surface area contributed by atoms with Gasteiger partial charge in [-0.1, -0.05) is 24.6 Å². The number of anilines is 1. The number of aryl methyl sites for hydroxylation is 2. The fourth-order valence-corrected chi connectivity index (χ4v) is 3.14. The molecule has 1 unspecified atom stereocenters. The van der Waals surface area contributed by atoms with Crippen molar-refractivity contribution in [2.24, 2.45) is 0 Å². The molecule has 2 rings (SSSR count). The Hall–Kier alpha value is -1.84. The number of nitrogens with one attached hydrogen (secondary N) is 1. The van der Waals surface area contributed by atoms with E-state index in [0.29, 0.717) is 6.04 Å². The molecule has 0 aliphatic carbocycles. The van der Waals surface area contributed by atoms with Gasteiger partial charge in [-0.3, -0.25) is 9.59 Å². The molecule has 4 heteroatoms. The summed E-state index contributed by atoms with van der Waals surface area (Å²) in [6.07, 6.45) is 4.17. The summed E-state index contributed by atoms with van der Waals surface area (Å²) in [6, 6.07) is 6.18. The van der Waals surface area contributed by atoms with Gasteiger partial charge in [0.05, 0.1) is 0 Å². The second-order valence-electron chi connectivity index (χ2n) is 6.19. The fraction of sp³-hybridized carbons (Fsp3) is 0.556. The number of hydrogen-bond donors (Lipinski definition) is 1. The van der Waals surface area contributed by atoms with Crippen molar-refractivity contribution >= 4 is 17.5 Å². The van der Waals surface area contributed by atoms with E-state index in [1.54, 1.807) is 0 Å². The van der Waals surface area contributed by atoms with Crippen molar-refractivity contribution in [3.05, 3.63) is 29.3 Å². The minimum atomic E-state index is -0.225. The van der Waals surface area contributed by atoms with Gasteiger partial charge in [0.1, 0.15) is 6.42 Å². The third kappa shape index (κ3) is 4.09. The predicted molar refractivity (Wildman–Crippen MR) is 88.8 cm³/mol. The van der Waals surface area contributed by atoms with Crippen LogP contribution in [0.15, 0.2) is 18.2 Å². The molecule has 2 amide bonds. The van der Waals surface area contributed by atoms with Crippen molar-refractivity contribution < 1.29 is 9.59 Å². The molecule has 0 bridgehead atoms. The zero-order chi connectivity index (χ0) is 16.1. The summed E-state index contributed by atoms with van der Waals surface area (Å²) in [4.78, 5) is 26.4. The maximum Gasteiger partial charge on any atom is 0.233 e. The molecule has 22 heavy (non-hydrogen) atoms.